The van der Waals surface area contributed by atoms with Crippen molar-refractivity contribution in [3.8, 4) is 0 Å². The lowest BCUT2D eigenvalue weighted by molar-refractivity contribution is -0.167. The molecule has 6 nitrogen and oxygen atoms in total. The Morgan fingerprint density at radius 2 is 0.549 bits per heavy atom. The second-order valence-electron chi connectivity index (χ2n) is 21.0. The van der Waals surface area contributed by atoms with Crippen LogP contribution in [0.15, 0.2) is 48.6 Å². The van der Waals surface area contributed by atoms with Gasteiger partial charge >= 0.3 is 17.9 Å². The summed E-state index contributed by atoms with van der Waals surface area (Å²) < 4.78 is 16.9. The molecule has 0 spiro atoms. The van der Waals surface area contributed by atoms with E-state index >= 15 is 0 Å². The highest BCUT2D eigenvalue weighted by Crippen LogP contribution is 2.17. The van der Waals surface area contributed by atoms with Gasteiger partial charge in [0.2, 0.25) is 0 Å². The normalized spacial score (nSPS) is 12.3. The van der Waals surface area contributed by atoms with Gasteiger partial charge in [0, 0.05) is 19.3 Å². The van der Waals surface area contributed by atoms with Gasteiger partial charge in [-0.1, -0.05) is 301 Å². The van der Waals surface area contributed by atoms with Gasteiger partial charge in [-0.3, -0.25) is 14.4 Å². The number of hydrogen-bond acceptors (Lipinski definition) is 6. The Balaban J connectivity index is 4.29. The summed E-state index contributed by atoms with van der Waals surface area (Å²) in [4.78, 5) is 38.3. The maximum Gasteiger partial charge on any atom is 0.306 e. The molecule has 414 valence electrons. The summed E-state index contributed by atoms with van der Waals surface area (Å²) in [7, 11) is 0. The second-order valence-corrected chi connectivity index (χ2v) is 21.0. The van der Waals surface area contributed by atoms with Gasteiger partial charge in [0.1, 0.15) is 13.2 Å². The van der Waals surface area contributed by atoms with Gasteiger partial charge in [-0.15, -0.1) is 0 Å². The van der Waals surface area contributed by atoms with Crippen molar-refractivity contribution < 1.29 is 28.6 Å². The molecule has 0 aromatic heterocycles. The molecule has 0 aliphatic carbocycles. The van der Waals surface area contributed by atoms with E-state index in [2.05, 4.69) is 69.4 Å². The molecular weight excluding hydrogens is 877 g/mol. The van der Waals surface area contributed by atoms with Crippen LogP contribution in [0.2, 0.25) is 0 Å². The molecule has 0 rings (SSSR count). The largest absolute Gasteiger partial charge is 0.462 e. The molecule has 0 amide bonds. The van der Waals surface area contributed by atoms with Crippen molar-refractivity contribution in [3.63, 3.8) is 0 Å². The van der Waals surface area contributed by atoms with Crippen molar-refractivity contribution in [2.75, 3.05) is 13.2 Å². The standard InChI is InChI=1S/C65H118O6/c1-4-7-10-13-16-19-22-25-28-30-31-32-33-34-35-36-38-40-43-46-49-52-55-58-64(67)70-61-62(60-69-63(66)57-54-51-48-45-42-39-27-24-21-18-15-12-9-6-3)71-65(68)59-56-53-50-47-44-41-37-29-26-23-20-17-14-11-8-5-2/h7,10,16,19,25,28,31-32,62H,4-6,8-9,11-15,17-18,20-24,26-27,29-30,33-61H2,1-3H3/b10-7-,19-16-,28-25-,32-31-. The maximum atomic E-state index is 12.9. The Morgan fingerprint density at radius 1 is 0.296 bits per heavy atom. The van der Waals surface area contributed by atoms with Gasteiger partial charge in [0.05, 0.1) is 0 Å². The average molecular weight is 996 g/mol. The van der Waals surface area contributed by atoms with Crippen molar-refractivity contribution in [2.45, 2.75) is 335 Å². The summed E-state index contributed by atoms with van der Waals surface area (Å²) in [5, 5.41) is 0. The van der Waals surface area contributed by atoms with Gasteiger partial charge in [-0.05, 0) is 57.8 Å². The number of rotatable bonds is 57. The highest BCUT2D eigenvalue weighted by Gasteiger charge is 2.19. The lowest BCUT2D eigenvalue weighted by Crippen LogP contribution is -2.30. The first-order chi connectivity index (χ1) is 35.0. The zero-order valence-corrected chi connectivity index (χ0v) is 47.5. The molecule has 0 fully saturated rings. The number of allylic oxidation sites excluding steroid dienone is 8. The fraction of sp³-hybridized carbons (Fsp3) is 0.831. The van der Waals surface area contributed by atoms with Crippen LogP contribution < -0.4 is 0 Å². The molecule has 0 saturated heterocycles. The van der Waals surface area contributed by atoms with Crippen LogP contribution in [0, 0.1) is 0 Å². The molecule has 0 bridgehead atoms. The highest BCUT2D eigenvalue weighted by molar-refractivity contribution is 5.71. The second kappa shape index (κ2) is 59.9. The predicted octanol–water partition coefficient (Wildman–Crippen LogP) is 21.0. The molecule has 71 heavy (non-hydrogen) atoms. The third kappa shape index (κ3) is 58.1. The molecule has 0 aromatic rings. The van der Waals surface area contributed by atoms with Crippen LogP contribution in [0.25, 0.3) is 0 Å². The lowest BCUT2D eigenvalue weighted by atomic mass is 10.0. The lowest BCUT2D eigenvalue weighted by Gasteiger charge is -2.18. The number of carbonyl (C=O) groups excluding carboxylic acids is 3. The fourth-order valence-electron chi connectivity index (χ4n) is 9.20. The van der Waals surface area contributed by atoms with Crippen LogP contribution >= 0.6 is 0 Å². The molecule has 0 aliphatic heterocycles. The van der Waals surface area contributed by atoms with Crippen LogP contribution in [0.1, 0.15) is 329 Å². The van der Waals surface area contributed by atoms with E-state index in [4.69, 9.17) is 14.2 Å². The zero-order valence-electron chi connectivity index (χ0n) is 47.5. The Kier molecular flexibility index (Phi) is 57.7. The Hall–Kier alpha value is -2.63. The van der Waals surface area contributed by atoms with Crippen LogP contribution in [0.4, 0.5) is 0 Å². The Labute approximate surface area is 441 Å². The van der Waals surface area contributed by atoms with Gasteiger partial charge in [-0.25, -0.2) is 0 Å². The van der Waals surface area contributed by atoms with E-state index in [1.807, 2.05) is 0 Å². The minimum Gasteiger partial charge on any atom is -0.462 e. The first-order valence-electron chi connectivity index (χ1n) is 31.1. The average Bonchev–Trinajstić information content (AvgIpc) is 3.37. The molecule has 0 radical (unpaired) electrons. The summed E-state index contributed by atoms with van der Waals surface area (Å²) in [5.41, 5.74) is 0. The minimum atomic E-state index is -0.771. The Morgan fingerprint density at radius 3 is 0.859 bits per heavy atom. The quantitative estimate of drug-likeness (QED) is 0.0261. The van der Waals surface area contributed by atoms with E-state index in [9.17, 15) is 14.4 Å². The van der Waals surface area contributed by atoms with Gasteiger partial charge in [0.15, 0.2) is 6.10 Å². The molecule has 0 aliphatic rings. The molecule has 0 aromatic carbocycles. The van der Waals surface area contributed by atoms with Gasteiger partial charge < -0.3 is 14.2 Å². The van der Waals surface area contributed by atoms with Gasteiger partial charge in [0.25, 0.3) is 0 Å². The van der Waals surface area contributed by atoms with E-state index in [-0.39, 0.29) is 31.1 Å². The number of unbranched alkanes of at least 4 members (excludes halogenated alkanes) is 38. The van der Waals surface area contributed by atoms with Crippen LogP contribution in [0.5, 0.6) is 0 Å². The molecule has 0 heterocycles. The van der Waals surface area contributed by atoms with E-state index in [1.165, 1.54) is 205 Å². The zero-order chi connectivity index (χ0) is 51.4. The Bertz CT molecular complexity index is 1230. The van der Waals surface area contributed by atoms with Crippen LogP contribution in [-0.4, -0.2) is 37.2 Å². The predicted molar refractivity (Wildman–Crippen MR) is 307 cm³/mol. The van der Waals surface area contributed by atoms with E-state index in [0.29, 0.717) is 19.3 Å². The van der Waals surface area contributed by atoms with E-state index < -0.39 is 6.10 Å². The monoisotopic (exact) mass is 995 g/mol. The third-order valence-electron chi connectivity index (χ3n) is 13.8. The number of carbonyl (C=O) groups is 3. The molecule has 1 unspecified atom stereocenters. The fourth-order valence-corrected chi connectivity index (χ4v) is 9.20. The van der Waals surface area contributed by atoms with Crippen molar-refractivity contribution in [2.24, 2.45) is 0 Å². The SMILES string of the molecule is CC/C=C\C/C=C\C/C=C\C/C=C\CCCCCCCCCCCCC(=O)OCC(COC(=O)CCCCCCCCCCCCCCCC)OC(=O)CCCCCCCCCCCCCCCCCC. The van der Waals surface area contributed by atoms with Gasteiger partial charge in [-0.2, -0.15) is 0 Å². The van der Waals surface area contributed by atoms with E-state index in [0.717, 1.165) is 83.5 Å². The van der Waals surface area contributed by atoms with Crippen molar-refractivity contribution in [1.82, 2.24) is 0 Å². The highest BCUT2D eigenvalue weighted by atomic mass is 16.6. The molecule has 0 N–H and O–H groups in total. The maximum absolute atomic E-state index is 12.9. The van der Waals surface area contributed by atoms with Crippen molar-refractivity contribution in [3.05, 3.63) is 48.6 Å². The first-order valence-corrected chi connectivity index (χ1v) is 31.1. The smallest absolute Gasteiger partial charge is 0.306 e. The number of esters is 3. The van der Waals surface area contributed by atoms with Crippen LogP contribution in [0.3, 0.4) is 0 Å². The summed E-state index contributed by atoms with van der Waals surface area (Å²) in [6.07, 6.45) is 73.9. The number of ether oxygens (including phenoxy) is 3. The topological polar surface area (TPSA) is 78.9 Å². The van der Waals surface area contributed by atoms with Crippen LogP contribution in [-0.2, 0) is 28.6 Å². The molecule has 0 saturated carbocycles. The van der Waals surface area contributed by atoms with Crippen molar-refractivity contribution in [1.29, 1.82) is 0 Å². The summed E-state index contributed by atoms with van der Waals surface area (Å²) in [5.74, 6) is -0.851. The first kappa shape index (κ1) is 68.4. The molecular formula is C65H118O6. The summed E-state index contributed by atoms with van der Waals surface area (Å²) in [6.45, 7) is 6.58. The summed E-state index contributed by atoms with van der Waals surface area (Å²) >= 11 is 0. The molecule has 6 heteroatoms. The van der Waals surface area contributed by atoms with Crippen molar-refractivity contribution >= 4 is 17.9 Å². The molecule has 1 atom stereocenters. The third-order valence-corrected chi connectivity index (χ3v) is 13.8. The number of hydrogen-bond donors (Lipinski definition) is 0. The van der Waals surface area contributed by atoms with E-state index in [1.54, 1.807) is 0 Å². The minimum absolute atomic E-state index is 0.0687. The summed E-state index contributed by atoms with van der Waals surface area (Å²) in [6, 6.07) is 0.